The molecule has 0 spiro atoms. The molecule has 0 heterocycles. The lowest BCUT2D eigenvalue weighted by atomic mass is 10.1. The quantitative estimate of drug-likeness (QED) is 0.0612. The second kappa shape index (κ2) is 30.7. The SMILES string of the molecule is CCCCCCCCCCNC(=O)CNCCCCCCCCCCCCOP(OCCC#N)N(C(C)C)C(C)C. The Labute approximate surface area is 256 Å². The van der Waals surface area contributed by atoms with E-state index in [2.05, 4.69) is 56.0 Å². The van der Waals surface area contributed by atoms with Crippen molar-refractivity contribution < 1.29 is 13.8 Å². The van der Waals surface area contributed by atoms with Crippen molar-refractivity contribution in [2.75, 3.05) is 32.8 Å². The van der Waals surface area contributed by atoms with Crippen molar-refractivity contribution in [2.24, 2.45) is 0 Å². The van der Waals surface area contributed by atoms with E-state index in [-0.39, 0.29) is 5.91 Å². The summed E-state index contributed by atoms with van der Waals surface area (Å²) in [6, 6.07) is 2.85. The van der Waals surface area contributed by atoms with Crippen molar-refractivity contribution in [3.63, 3.8) is 0 Å². The number of rotatable bonds is 31. The largest absolute Gasteiger partial charge is 0.355 e. The highest BCUT2D eigenvalue weighted by Gasteiger charge is 2.26. The summed E-state index contributed by atoms with van der Waals surface area (Å²) in [4.78, 5) is 11.9. The van der Waals surface area contributed by atoms with Gasteiger partial charge in [-0.1, -0.05) is 103 Å². The van der Waals surface area contributed by atoms with Crippen LogP contribution in [0.1, 0.15) is 157 Å². The van der Waals surface area contributed by atoms with E-state index in [1.165, 1.54) is 96.3 Å². The molecule has 1 unspecified atom stereocenters. The maximum absolute atomic E-state index is 11.9. The van der Waals surface area contributed by atoms with E-state index in [0.29, 0.717) is 31.7 Å². The summed E-state index contributed by atoms with van der Waals surface area (Å²) in [6.07, 6.45) is 23.2. The minimum absolute atomic E-state index is 0.136. The lowest BCUT2D eigenvalue weighted by molar-refractivity contribution is -0.120. The molecule has 0 aromatic rings. The maximum Gasteiger partial charge on any atom is 0.259 e. The van der Waals surface area contributed by atoms with E-state index in [1.807, 2.05) is 0 Å². The van der Waals surface area contributed by atoms with Gasteiger partial charge in [0.2, 0.25) is 5.91 Å². The van der Waals surface area contributed by atoms with Crippen LogP contribution in [-0.4, -0.2) is 55.5 Å². The summed E-state index contributed by atoms with van der Waals surface area (Å²) in [5.41, 5.74) is 0. The van der Waals surface area contributed by atoms with Crippen LogP contribution in [0.4, 0.5) is 0 Å². The average Bonchev–Trinajstić information content (AvgIpc) is 2.93. The van der Waals surface area contributed by atoms with E-state index in [0.717, 1.165) is 39.0 Å². The first-order valence-corrected chi connectivity index (χ1v) is 18.3. The second-order valence-corrected chi connectivity index (χ2v) is 13.4. The highest BCUT2D eigenvalue weighted by atomic mass is 31.2. The van der Waals surface area contributed by atoms with E-state index < -0.39 is 8.53 Å². The molecule has 7 nitrogen and oxygen atoms in total. The molecule has 0 saturated heterocycles. The number of nitriles is 1. The van der Waals surface area contributed by atoms with Gasteiger partial charge in [0, 0.05) is 18.6 Å². The van der Waals surface area contributed by atoms with Gasteiger partial charge < -0.3 is 19.7 Å². The summed E-state index contributed by atoms with van der Waals surface area (Å²) in [5.74, 6) is 0.136. The first-order valence-electron chi connectivity index (χ1n) is 17.1. The zero-order valence-electron chi connectivity index (χ0n) is 27.7. The number of carbonyl (C=O) groups is 1. The Bertz CT molecular complexity index is 608. The van der Waals surface area contributed by atoms with Gasteiger partial charge in [0.25, 0.3) is 8.53 Å². The molecular formula is C33H67N4O3P. The van der Waals surface area contributed by atoms with Gasteiger partial charge in [-0.25, -0.2) is 4.67 Å². The van der Waals surface area contributed by atoms with Crippen molar-refractivity contribution >= 4 is 14.4 Å². The predicted octanol–water partition coefficient (Wildman–Crippen LogP) is 9.03. The molecule has 41 heavy (non-hydrogen) atoms. The number of carbonyl (C=O) groups excluding carboxylic acids is 1. The number of hydrogen-bond donors (Lipinski definition) is 2. The Morgan fingerprint density at radius 3 is 1.68 bits per heavy atom. The van der Waals surface area contributed by atoms with Crippen LogP contribution in [-0.2, 0) is 13.8 Å². The fraction of sp³-hybridized carbons (Fsp3) is 0.939. The van der Waals surface area contributed by atoms with Gasteiger partial charge >= 0.3 is 0 Å². The van der Waals surface area contributed by atoms with Gasteiger partial charge in [0.15, 0.2) is 0 Å². The Balaban J connectivity index is 3.54. The van der Waals surface area contributed by atoms with E-state index in [9.17, 15) is 4.79 Å². The monoisotopic (exact) mass is 598 g/mol. The topological polar surface area (TPSA) is 86.6 Å². The molecule has 1 amide bonds. The smallest absolute Gasteiger partial charge is 0.259 e. The minimum Gasteiger partial charge on any atom is -0.355 e. The Hall–Kier alpha value is -0.770. The number of unbranched alkanes of at least 4 members (excludes halogenated alkanes) is 16. The summed E-state index contributed by atoms with van der Waals surface area (Å²) < 4.78 is 14.4. The molecule has 1 atom stereocenters. The Morgan fingerprint density at radius 1 is 0.707 bits per heavy atom. The summed E-state index contributed by atoms with van der Waals surface area (Å²) in [7, 11) is -1.11. The van der Waals surface area contributed by atoms with Crippen LogP contribution in [0.3, 0.4) is 0 Å². The summed E-state index contributed by atoms with van der Waals surface area (Å²) in [5, 5.41) is 15.2. The third kappa shape index (κ3) is 26.6. The van der Waals surface area contributed by atoms with Gasteiger partial charge in [0.1, 0.15) is 0 Å². The van der Waals surface area contributed by atoms with Gasteiger partial charge in [0.05, 0.1) is 32.2 Å². The van der Waals surface area contributed by atoms with Crippen molar-refractivity contribution in [2.45, 2.75) is 169 Å². The third-order valence-electron chi connectivity index (χ3n) is 7.25. The van der Waals surface area contributed by atoms with Gasteiger partial charge in [-0.3, -0.25) is 4.79 Å². The first kappa shape index (κ1) is 40.2. The van der Waals surface area contributed by atoms with Crippen molar-refractivity contribution in [1.29, 1.82) is 5.26 Å². The average molecular weight is 599 g/mol. The fourth-order valence-corrected chi connectivity index (χ4v) is 6.60. The normalized spacial score (nSPS) is 12.4. The molecule has 0 saturated carbocycles. The molecule has 242 valence electrons. The Kier molecular flexibility index (Phi) is 30.1. The molecule has 0 aliphatic heterocycles. The maximum atomic E-state index is 11.9. The first-order chi connectivity index (χ1) is 19.9. The van der Waals surface area contributed by atoms with Crippen LogP contribution in [0, 0.1) is 11.3 Å². The highest BCUT2D eigenvalue weighted by molar-refractivity contribution is 7.44. The molecule has 0 fully saturated rings. The van der Waals surface area contributed by atoms with Crippen LogP contribution in [0.25, 0.3) is 0 Å². The lowest BCUT2D eigenvalue weighted by Gasteiger charge is -2.35. The molecule has 0 aromatic carbocycles. The number of nitrogens with one attached hydrogen (secondary N) is 2. The number of hydrogen-bond acceptors (Lipinski definition) is 6. The van der Waals surface area contributed by atoms with E-state index in [4.69, 9.17) is 14.3 Å². The summed E-state index contributed by atoms with van der Waals surface area (Å²) in [6.45, 7) is 14.3. The van der Waals surface area contributed by atoms with Crippen molar-refractivity contribution in [3.05, 3.63) is 0 Å². The predicted molar refractivity (Wildman–Crippen MR) is 176 cm³/mol. The zero-order valence-corrected chi connectivity index (χ0v) is 28.6. The van der Waals surface area contributed by atoms with E-state index >= 15 is 0 Å². The van der Waals surface area contributed by atoms with Gasteiger partial charge in [-0.15, -0.1) is 0 Å². The molecule has 0 rings (SSSR count). The second-order valence-electron chi connectivity index (χ2n) is 11.9. The van der Waals surface area contributed by atoms with Gasteiger partial charge in [-0.05, 0) is 53.5 Å². The third-order valence-corrected chi connectivity index (χ3v) is 9.36. The zero-order chi connectivity index (χ0) is 30.4. The van der Waals surface area contributed by atoms with Gasteiger partial charge in [-0.2, -0.15) is 5.26 Å². The van der Waals surface area contributed by atoms with Crippen LogP contribution >= 0.6 is 8.53 Å². The lowest BCUT2D eigenvalue weighted by Crippen LogP contribution is -2.34. The molecule has 0 aromatic heterocycles. The molecule has 0 bridgehead atoms. The molecule has 2 N–H and O–H groups in total. The highest BCUT2D eigenvalue weighted by Crippen LogP contribution is 2.46. The number of nitrogens with zero attached hydrogens (tertiary/aromatic N) is 2. The van der Waals surface area contributed by atoms with Crippen LogP contribution in [0.5, 0.6) is 0 Å². The number of amides is 1. The molecule has 0 aliphatic carbocycles. The van der Waals surface area contributed by atoms with Crippen LogP contribution in [0.15, 0.2) is 0 Å². The van der Waals surface area contributed by atoms with Crippen LogP contribution < -0.4 is 10.6 Å². The van der Waals surface area contributed by atoms with Crippen molar-refractivity contribution in [3.8, 4) is 6.07 Å². The Morgan fingerprint density at radius 2 is 1.17 bits per heavy atom. The molecular weight excluding hydrogens is 531 g/mol. The summed E-state index contributed by atoms with van der Waals surface area (Å²) >= 11 is 0. The van der Waals surface area contributed by atoms with Crippen molar-refractivity contribution in [1.82, 2.24) is 15.3 Å². The standard InChI is InChI=1S/C33H67N4O3P/c1-6-7-8-9-10-16-19-22-27-36-33(38)30-35-26-21-18-15-13-11-12-14-17-20-23-28-39-41(40-29-24-25-34)37(31(2)3)32(4)5/h31-32,35H,6-24,26-30H2,1-5H3,(H,36,38). The molecule has 8 heteroatoms. The fourth-order valence-electron chi connectivity index (χ4n) is 4.97. The van der Waals surface area contributed by atoms with E-state index in [1.54, 1.807) is 0 Å². The minimum atomic E-state index is -1.11. The molecule has 0 radical (unpaired) electrons. The van der Waals surface area contributed by atoms with Crippen LogP contribution in [0.2, 0.25) is 0 Å². The molecule has 0 aliphatic rings.